The minimum Gasteiger partial charge on any atom is -0.352 e. The molecule has 3 unspecified atom stereocenters. The minimum absolute atomic E-state index is 0.0562. The molecule has 2 aliphatic heterocycles. The highest BCUT2D eigenvalue weighted by molar-refractivity contribution is 5.82. The average molecular weight is 265 g/mol. The van der Waals surface area contributed by atoms with Crippen LogP contribution in [0, 0.1) is 0 Å². The Balaban J connectivity index is 1.60. The topological polar surface area (TPSA) is 44.4 Å². The van der Waals surface area contributed by atoms with E-state index >= 15 is 0 Å². The summed E-state index contributed by atoms with van der Waals surface area (Å²) in [6.07, 6.45) is 7.32. The van der Waals surface area contributed by atoms with Gasteiger partial charge in [-0.25, -0.2) is 0 Å². The van der Waals surface area contributed by atoms with E-state index in [1.165, 1.54) is 38.5 Å². The first-order chi connectivity index (χ1) is 9.19. The van der Waals surface area contributed by atoms with Crippen molar-refractivity contribution in [3.63, 3.8) is 0 Å². The summed E-state index contributed by atoms with van der Waals surface area (Å²) < 4.78 is 0. The van der Waals surface area contributed by atoms with Crippen LogP contribution in [-0.2, 0) is 4.79 Å². The molecule has 2 saturated heterocycles. The lowest BCUT2D eigenvalue weighted by molar-refractivity contribution is -0.128. The maximum absolute atomic E-state index is 12.3. The van der Waals surface area contributed by atoms with Gasteiger partial charge in [-0.2, -0.15) is 0 Å². The van der Waals surface area contributed by atoms with Crippen LogP contribution in [0.4, 0.5) is 0 Å². The molecule has 0 radical (unpaired) electrons. The van der Waals surface area contributed by atoms with Gasteiger partial charge in [-0.1, -0.05) is 6.92 Å². The van der Waals surface area contributed by atoms with E-state index in [1.54, 1.807) is 0 Å². The Morgan fingerprint density at radius 3 is 2.32 bits per heavy atom. The molecule has 1 aliphatic carbocycles. The van der Waals surface area contributed by atoms with Gasteiger partial charge in [0, 0.05) is 24.2 Å². The van der Waals surface area contributed by atoms with E-state index in [9.17, 15) is 4.79 Å². The number of carbonyl (C=O) groups is 1. The summed E-state index contributed by atoms with van der Waals surface area (Å²) in [7, 11) is 0. The SMILES string of the molecule is CCNC1CC2CCC(C1)N2C(C)C(=O)NC1CC1. The van der Waals surface area contributed by atoms with Gasteiger partial charge in [0.25, 0.3) is 0 Å². The quantitative estimate of drug-likeness (QED) is 0.786. The maximum atomic E-state index is 12.3. The molecular weight excluding hydrogens is 238 g/mol. The lowest BCUT2D eigenvalue weighted by Gasteiger charge is -2.42. The van der Waals surface area contributed by atoms with Crippen molar-refractivity contribution in [2.24, 2.45) is 0 Å². The van der Waals surface area contributed by atoms with Crippen molar-refractivity contribution in [1.82, 2.24) is 15.5 Å². The van der Waals surface area contributed by atoms with Crippen LogP contribution in [0.1, 0.15) is 52.4 Å². The van der Waals surface area contributed by atoms with Gasteiger partial charge < -0.3 is 10.6 Å². The summed E-state index contributed by atoms with van der Waals surface area (Å²) in [5, 5.41) is 6.75. The normalized spacial score (nSPS) is 36.2. The number of fused-ring (bicyclic) bond motifs is 2. The number of hydrogen-bond donors (Lipinski definition) is 2. The van der Waals surface area contributed by atoms with Gasteiger partial charge in [0.1, 0.15) is 0 Å². The molecule has 0 aromatic carbocycles. The molecule has 2 heterocycles. The molecule has 3 rings (SSSR count). The molecule has 19 heavy (non-hydrogen) atoms. The molecule has 0 aromatic rings. The minimum atomic E-state index is 0.0562. The first-order valence-electron chi connectivity index (χ1n) is 8.00. The fraction of sp³-hybridized carbons (Fsp3) is 0.933. The molecular formula is C15H27N3O. The molecule has 3 atom stereocenters. The molecule has 2 N–H and O–H groups in total. The van der Waals surface area contributed by atoms with Crippen molar-refractivity contribution in [2.75, 3.05) is 6.54 Å². The zero-order chi connectivity index (χ0) is 13.4. The van der Waals surface area contributed by atoms with Gasteiger partial charge in [0.05, 0.1) is 6.04 Å². The Kier molecular flexibility index (Phi) is 3.81. The summed E-state index contributed by atoms with van der Waals surface area (Å²) in [4.78, 5) is 14.8. The van der Waals surface area contributed by atoms with E-state index in [2.05, 4.69) is 29.4 Å². The van der Waals surface area contributed by atoms with Gasteiger partial charge in [0.2, 0.25) is 5.91 Å². The van der Waals surface area contributed by atoms with Crippen molar-refractivity contribution >= 4 is 5.91 Å². The molecule has 4 nitrogen and oxygen atoms in total. The monoisotopic (exact) mass is 265 g/mol. The highest BCUT2D eigenvalue weighted by atomic mass is 16.2. The van der Waals surface area contributed by atoms with Crippen molar-refractivity contribution in [3.05, 3.63) is 0 Å². The smallest absolute Gasteiger partial charge is 0.237 e. The zero-order valence-corrected chi connectivity index (χ0v) is 12.2. The molecule has 4 heteroatoms. The summed E-state index contributed by atoms with van der Waals surface area (Å²) in [5.74, 6) is 0.251. The van der Waals surface area contributed by atoms with Crippen molar-refractivity contribution in [3.8, 4) is 0 Å². The fourth-order valence-corrected chi connectivity index (χ4v) is 3.99. The Hall–Kier alpha value is -0.610. The standard InChI is InChI=1S/C15H27N3O/c1-3-16-12-8-13-6-7-14(9-12)18(13)10(2)15(19)17-11-4-5-11/h10-14,16H,3-9H2,1-2H3,(H,17,19). The average Bonchev–Trinajstić information content (AvgIpc) is 3.15. The van der Waals surface area contributed by atoms with E-state index in [0.717, 1.165) is 6.54 Å². The first kappa shape index (κ1) is 13.4. The third-order valence-electron chi connectivity index (χ3n) is 5.03. The molecule has 0 aromatic heterocycles. The third kappa shape index (κ3) is 2.79. The summed E-state index contributed by atoms with van der Waals surface area (Å²) in [5.41, 5.74) is 0. The van der Waals surface area contributed by atoms with Crippen molar-refractivity contribution in [2.45, 2.75) is 82.6 Å². The van der Waals surface area contributed by atoms with E-state index in [-0.39, 0.29) is 11.9 Å². The fourth-order valence-electron chi connectivity index (χ4n) is 3.99. The van der Waals surface area contributed by atoms with Crippen LogP contribution >= 0.6 is 0 Å². The Bertz CT molecular complexity index is 328. The molecule has 3 fully saturated rings. The second-order valence-electron chi connectivity index (χ2n) is 6.52. The molecule has 3 aliphatic rings. The predicted octanol–water partition coefficient (Wildman–Crippen LogP) is 1.26. The number of nitrogens with zero attached hydrogens (tertiary/aromatic N) is 1. The lowest BCUT2D eigenvalue weighted by Crippen LogP contribution is -2.56. The number of piperidine rings is 1. The number of hydrogen-bond acceptors (Lipinski definition) is 3. The molecule has 1 saturated carbocycles. The summed E-state index contributed by atoms with van der Waals surface area (Å²) in [6, 6.07) is 2.43. The lowest BCUT2D eigenvalue weighted by atomic mass is 9.95. The van der Waals surface area contributed by atoms with E-state index in [4.69, 9.17) is 0 Å². The predicted molar refractivity (Wildman–Crippen MR) is 76.0 cm³/mol. The van der Waals surface area contributed by atoms with Crippen LogP contribution in [0.5, 0.6) is 0 Å². The van der Waals surface area contributed by atoms with Gasteiger partial charge in [-0.15, -0.1) is 0 Å². The van der Waals surface area contributed by atoms with Crippen LogP contribution < -0.4 is 10.6 Å². The van der Waals surface area contributed by atoms with E-state index in [1.807, 2.05) is 0 Å². The second kappa shape index (κ2) is 5.41. The summed E-state index contributed by atoms with van der Waals surface area (Å²) >= 11 is 0. The zero-order valence-electron chi connectivity index (χ0n) is 12.2. The van der Waals surface area contributed by atoms with Gasteiger partial charge in [-0.05, 0) is 52.0 Å². The van der Waals surface area contributed by atoms with Crippen LogP contribution in [0.25, 0.3) is 0 Å². The molecule has 1 amide bonds. The van der Waals surface area contributed by atoms with Gasteiger partial charge in [0.15, 0.2) is 0 Å². The van der Waals surface area contributed by atoms with Gasteiger partial charge >= 0.3 is 0 Å². The van der Waals surface area contributed by atoms with E-state index < -0.39 is 0 Å². The van der Waals surface area contributed by atoms with Crippen molar-refractivity contribution in [1.29, 1.82) is 0 Å². The number of carbonyl (C=O) groups excluding carboxylic acids is 1. The maximum Gasteiger partial charge on any atom is 0.237 e. The Morgan fingerprint density at radius 1 is 1.16 bits per heavy atom. The van der Waals surface area contributed by atoms with Gasteiger partial charge in [-0.3, -0.25) is 9.69 Å². The highest BCUT2D eigenvalue weighted by Crippen LogP contribution is 2.37. The number of nitrogens with one attached hydrogen (secondary N) is 2. The third-order valence-corrected chi connectivity index (χ3v) is 5.03. The molecule has 0 spiro atoms. The number of rotatable bonds is 5. The largest absolute Gasteiger partial charge is 0.352 e. The Labute approximate surface area is 116 Å². The van der Waals surface area contributed by atoms with Crippen molar-refractivity contribution < 1.29 is 4.79 Å². The van der Waals surface area contributed by atoms with Crippen LogP contribution in [0.15, 0.2) is 0 Å². The molecule has 108 valence electrons. The highest BCUT2D eigenvalue weighted by Gasteiger charge is 2.44. The van der Waals surface area contributed by atoms with Crippen LogP contribution in [0.2, 0.25) is 0 Å². The first-order valence-corrected chi connectivity index (χ1v) is 8.00. The summed E-state index contributed by atoms with van der Waals surface area (Å²) in [6.45, 7) is 5.33. The van der Waals surface area contributed by atoms with E-state index in [0.29, 0.717) is 24.2 Å². The Morgan fingerprint density at radius 2 is 1.79 bits per heavy atom. The van der Waals surface area contributed by atoms with Crippen LogP contribution in [-0.4, -0.2) is 47.6 Å². The molecule has 2 bridgehead atoms. The second-order valence-corrected chi connectivity index (χ2v) is 6.52. The number of amides is 1. The van der Waals surface area contributed by atoms with Crippen LogP contribution in [0.3, 0.4) is 0 Å².